The first-order valence-corrected chi connectivity index (χ1v) is 9.51. The maximum absolute atomic E-state index is 11.9. The number of nitrogens with one attached hydrogen (secondary N) is 2. The van der Waals surface area contributed by atoms with Crippen molar-refractivity contribution in [2.75, 3.05) is 11.9 Å². The number of hydrogen-bond acceptors (Lipinski definition) is 4. The molecule has 2 rings (SSSR count). The van der Waals surface area contributed by atoms with Gasteiger partial charge in [0, 0.05) is 32.9 Å². The summed E-state index contributed by atoms with van der Waals surface area (Å²) in [6.45, 7) is 5.83. The van der Waals surface area contributed by atoms with Crippen LogP contribution in [0, 0.1) is 8.99 Å². The van der Waals surface area contributed by atoms with E-state index >= 15 is 0 Å². The molecule has 24 heavy (non-hydrogen) atoms. The number of carbonyl (C=O) groups excluding carboxylic acids is 2. The van der Waals surface area contributed by atoms with Crippen molar-refractivity contribution in [2.45, 2.75) is 27.2 Å². The number of aromatic nitrogens is 1. The molecule has 1 aromatic carbocycles. The van der Waals surface area contributed by atoms with Gasteiger partial charge in [0.2, 0.25) is 11.8 Å². The lowest BCUT2D eigenvalue weighted by Crippen LogP contribution is -2.36. The highest BCUT2D eigenvalue weighted by Crippen LogP contribution is 2.25. The third-order valence-electron chi connectivity index (χ3n) is 3.21. The number of halogens is 1. The van der Waals surface area contributed by atoms with Crippen LogP contribution in [-0.4, -0.2) is 23.3 Å². The van der Waals surface area contributed by atoms with Crippen molar-refractivity contribution >= 4 is 50.9 Å². The molecule has 0 aliphatic heterocycles. The van der Waals surface area contributed by atoms with Crippen LogP contribution >= 0.6 is 33.9 Å². The molecule has 1 heterocycles. The molecule has 1 aromatic heterocycles. The molecule has 128 valence electrons. The van der Waals surface area contributed by atoms with Crippen molar-refractivity contribution < 1.29 is 9.59 Å². The first kappa shape index (κ1) is 18.9. The maximum Gasteiger partial charge on any atom is 0.227 e. The Hall–Kier alpha value is -1.48. The van der Waals surface area contributed by atoms with Crippen LogP contribution in [0.5, 0.6) is 0 Å². The average molecular weight is 457 g/mol. The highest BCUT2D eigenvalue weighted by atomic mass is 127. The minimum atomic E-state index is -0.450. The standard InChI is InChI=1S/C17H20IN3O2S/c1-17(2,3)15(23)19-9-8-14(22)21-16-20-13(10-24-16)11-4-6-12(18)7-5-11/h4-7,10H,8-9H2,1-3H3,(H,19,23)(H,20,21,22). The molecular formula is C17H20IN3O2S. The summed E-state index contributed by atoms with van der Waals surface area (Å²) in [5.74, 6) is -0.224. The van der Waals surface area contributed by atoms with Crippen LogP contribution in [0.4, 0.5) is 5.13 Å². The normalized spacial score (nSPS) is 11.2. The molecule has 0 saturated heterocycles. The zero-order valence-corrected chi connectivity index (χ0v) is 16.8. The van der Waals surface area contributed by atoms with Gasteiger partial charge in [-0.3, -0.25) is 9.59 Å². The van der Waals surface area contributed by atoms with Crippen LogP contribution in [0.3, 0.4) is 0 Å². The van der Waals surface area contributed by atoms with Crippen molar-refractivity contribution in [1.29, 1.82) is 0 Å². The van der Waals surface area contributed by atoms with Crippen LogP contribution in [-0.2, 0) is 9.59 Å². The van der Waals surface area contributed by atoms with Gasteiger partial charge in [-0.05, 0) is 34.7 Å². The molecular weight excluding hydrogens is 437 g/mol. The zero-order chi connectivity index (χ0) is 17.7. The lowest BCUT2D eigenvalue weighted by molar-refractivity contribution is -0.128. The van der Waals surface area contributed by atoms with Crippen molar-refractivity contribution in [3.63, 3.8) is 0 Å². The first-order valence-electron chi connectivity index (χ1n) is 7.55. The van der Waals surface area contributed by atoms with Gasteiger partial charge < -0.3 is 10.6 Å². The minimum Gasteiger partial charge on any atom is -0.355 e. The third-order valence-corrected chi connectivity index (χ3v) is 4.69. The molecule has 0 spiro atoms. The quantitative estimate of drug-likeness (QED) is 0.670. The summed E-state index contributed by atoms with van der Waals surface area (Å²) in [5.41, 5.74) is 1.41. The second-order valence-electron chi connectivity index (χ2n) is 6.35. The molecule has 7 heteroatoms. The fraction of sp³-hybridized carbons (Fsp3) is 0.353. The summed E-state index contributed by atoms with van der Waals surface area (Å²) in [6.07, 6.45) is 0.222. The monoisotopic (exact) mass is 457 g/mol. The molecule has 0 aliphatic rings. The lowest BCUT2D eigenvalue weighted by atomic mass is 9.96. The van der Waals surface area contributed by atoms with Gasteiger partial charge in [0.25, 0.3) is 0 Å². The van der Waals surface area contributed by atoms with E-state index in [1.807, 2.05) is 50.4 Å². The molecule has 0 atom stereocenters. The number of amides is 2. The molecule has 2 aromatic rings. The Kier molecular flexibility index (Phi) is 6.34. The van der Waals surface area contributed by atoms with Gasteiger partial charge in [-0.15, -0.1) is 11.3 Å². The van der Waals surface area contributed by atoms with E-state index in [0.29, 0.717) is 11.7 Å². The molecule has 5 nitrogen and oxygen atoms in total. The van der Waals surface area contributed by atoms with Gasteiger partial charge in [0.15, 0.2) is 5.13 Å². The number of thiazole rings is 1. The molecule has 0 unspecified atom stereocenters. The van der Waals surface area contributed by atoms with Gasteiger partial charge in [0.05, 0.1) is 5.69 Å². The summed E-state index contributed by atoms with van der Waals surface area (Å²) in [4.78, 5) is 28.1. The van der Waals surface area contributed by atoms with Gasteiger partial charge in [-0.2, -0.15) is 0 Å². The van der Waals surface area contributed by atoms with E-state index in [1.54, 1.807) is 0 Å². The number of nitrogens with zero attached hydrogens (tertiary/aromatic N) is 1. The lowest BCUT2D eigenvalue weighted by Gasteiger charge is -2.17. The predicted octanol–water partition coefficient (Wildman–Crippen LogP) is 3.91. The predicted molar refractivity (Wildman–Crippen MR) is 106 cm³/mol. The SMILES string of the molecule is CC(C)(C)C(=O)NCCC(=O)Nc1nc(-c2ccc(I)cc2)cs1. The fourth-order valence-electron chi connectivity index (χ4n) is 1.82. The van der Waals surface area contributed by atoms with Crippen molar-refractivity contribution in [3.8, 4) is 11.3 Å². The van der Waals surface area contributed by atoms with E-state index in [4.69, 9.17) is 0 Å². The van der Waals surface area contributed by atoms with Gasteiger partial charge in [-0.25, -0.2) is 4.98 Å². The van der Waals surface area contributed by atoms with Gasteiger partial charge in [0.1, 0.15) is 0 Å². The molecule has 2 N–H and O–H groups in total. The van der Waals surface area contributed by atoms with Crippen LogP contribution < -0.4 is 10.6 Å². The molecule has 0 aliphatic carbocycles. The van der Waals surface area contributed by atoms with E-state index in [1.165, 1.54) is 11.3 Å². The van der Waals surface area contributed by atoms with E-state index in [2.05, 4.69) is 38.2 Å². The molecule has 0 radical (unpaired) electrons. The Morgan fingerprint density at radius 3 is 2.50 bits per heavy atom. The Morgan fingerprint density at radius 1 is 1.21 bits per heavy atom. The summed E-state index contributed by atoms with van der Waals surface area (Å²) in [6, 6.07) is 8.05. The molecule has 2 amide bonds. The average Bonchev–Trinajstić information content (AvgIpc) is 2.95. The third kappa shape index (κ3) is 5.55. The Labute approximate surface area is 159 Å². The van der Waals surface area contributed by atoms with Crippen LogP contribution in [0.25, 0.3) is 11.3 Å². The highest BCUT2D eigenvalue weighted by Gasteiger charge is 2.20. The topological polar surface area (TPSA) is 71.1 Å². The fourth-order valence-corrected chi connectivity index (χ4v) is 2.92. The summed E-state index contributed by atoms with van der Waals surface area (Å²) in [5, 5.41) is 8.01. The zero-order valence-electron chi connectivity index (χ0n) is 13.9. The van der Waals surface area contributed by atoms with E-state index in [-0.39, 0.29) is 18.2 Å². The van der Waals surface area contributed by atoms with Crippen molar-refractivity contribution in [3.05, 3.63) is 33.2 Å². The van der Waals surface area contributed by atoms with Crippen molar-refractivity contribution in [1.82, 2.24) is 10.3 Å². The second kappa shape index (κ2) is 8.06. The minimum absolute atomic E-state index is 0.0643. The summed E-state index contributed by atoms with van der Waals surface area (Å²) in [7, 11) is 0. The van der Waals surface area contributed by atoms with Crippen LogP contribution in [0.1, 0.15) is 27.2 Å². The van der Waals surface area contributed by atoms with Crippen molar-refractivity contribution in [2.24, 2.45) is 5.41 Å². The molecule has 0 saturated carbocycles. The smallest absolute Gasteiger partial charge is 0.227 e. The van der Waals surface area contributed by atoms with Gasteiger partial charge in [-0.1, -0.05) is 32.9 Å². The summed E-state index contributed by atoms with van der Waals surface area (Å²) >= 11 is 3.64. The largest absolute Gasteiger partial charge is 0.355 e. The summed E-state index contributed by atoms with van der Waals surface area (Å²) < 4.78 is 1.16. The van der Waals surface area contributed by atoms with Crippen LogP contribution in [0.2, 0.25) is 0 Å². The first-order chi connectivity index (χ1) is 11.3. The van der Waals surface area contributed by atoms with E-state index in [0.717, 1.165) is 14.8 Å². The Bertz CT molecular complexity index is 720. The Balaban J connectivity index is 1.85. The number of anilines is 1. The number of hydrogen-bond donors (Lipinski definition) is 2. The maximum atomic E-state index is 11.9. The molecule has 0 fully saturated rings. The van der Waals surface area contributed by atoms with Gasteiger partial charge >= 0.3 is 0 Å². The second-order valence-corrected chi connectivity index (χ2v) is 8.45. The molecule has 0 bridgehead atoms. The Morgan fingerprint density at radius 2 is 1.88 bits per heavy atom. The number of rotatable bonds is 5. The highest BCUT2D eigenvalue weighted by molar-refractivity contribution is 14.1. The number of benzene rings is 1. The van der Waals surface area contributed by atoms with E-state index < -0.39 is 5.41 Å². The van der Waals surface area contributed by atoms with Crippen LogP contribution in [0.15, 0.2) is 29.6 Å². The van der Waals surface area contributed by atoms with E-state index in [9.17, 15) is 9.59 Å². The number of carbonyl (C=O) groups is 2.